The number of nitrogens with one attached hydrogen (secondary N) is 2. The normalized spacial score (nSPS) is 15.6. The van der Waals surface area contributed by atoms with Crippen LogP contribution in [-0.2, 0) is 6.54 Å². The van der Waals surface area contributed by atoms with E-state index in [1.807, 2.05) is 5.38 Å². The van der Waals surface area contributed by atoms with Crippen LogP contribution in [0.4, 0.5) is 9.52 Å². The minimum absolute atomic E-state index is 0.268. The SMILES string of the molecule is O=C(Nc1nc(CN2CCCCC2)cs1)c1cc2cc(F)ccc2[nH]1. The molecule has 1 aliphatic heterocycles. The maximum atomic E-state index is 13.3. The van der Waals surface area contributed by atoms with E-state index in [9.17, 15) is 9.18 Å². The number of rotatable bonds is 4. The first-order valence-corrected chi connectivity index (χ1v) is 9.32. The lowest BCUT2D eigenvalue weighted by Gasteiger charge is -2.25. The number of anilines is 1. The predicted octanol–water partition coefficient (Wildman–Crippen LogP) is 4.00. The minimum Gasteiger partial charge on any atom is -0.351 e. The highest BCUT2D eigenvalue weighted by molar-refractivity contribution is 7.13. The van der Waals surface area contributed by atoms with Crippen LogP contribution in [0.3, 0.4) is 0 Å². The lowest BCUT2D eigenvalue weighted by Crippen LogP contribution is -2.29. The number of likely N-dealkylation sites (tertiary alicyclic amines) is 1. The van der Waals surface area contributed by atoms with Crippen LogP contribution in [0.15, 0.2) is 29.6 Å². The van der Waals surface area contributed by atoms with Crippen LogP contribution in [0.2, 0.25) is 0 Å². The Bertz CT molecular complexity index is 898. The van der Waals surface area contributed by atoms with Gasteiger partial charge in [-0.25, -0.2) is 9.37 Å². The molecule has 1 aliphatic rings. The van der Waals surface area contributed by atoms with Crippen LogP contribution in [0, 0.1) is 5.82 Å². The number of thiazole rings is 1. The van der Waals surface area contributed by atoms with E-state index in [1.165, 1.54) is 42.7 Å². The van der Waals surface area contributed by atoms with Crippen molar-refractivity contribution in [3.05, 3.63) is 46.9 Å². The molecular weight excluding hydrogens is 339 g/mol. The Kier molecular flexibility index (Phi) is 4.50. The Morgan fingerprint density at radius 1 is 1.28 bits per heavy atom. The smallest absolute Gasteiger partial charge is 0.273 e. The summed E-state index contributed by atoms with van der Waals surface area (Å²) < 4.78 is 13.3. The molecule has 25 heavy (non-hydrogen) atoms. The van der Waals surface area contributed by atoms with Crippen molar-refractivity contribution in [3.8, 4) is 0 Å². The Morgan fingerprint density at radius 3 is 2.96 bits per heavy atom. The Hall–Kier alpha value is -2.25. The largest absolute Gasteiger partial charge is 0.351 e. The van der Waals surface area contributed by atoms with Crippen molar-refractivity contribution >= 4 is 33.3 Å². The average molecular weight is 358 g/mol. The number of fused-ring (bicyclic) bond motifs is 1. The molecule has 5 nitrogen and oxygen atoms in total. The summed E-state index contributed by atoms with van der Waals surface area (Å²) >= 11 is 1.43. The molecular formula is C18H19FN4OS. The number of nitrogens with zero attached hydrogens (tertiary/aromatic N) is 2. The first-order chi connectivity index (χ1) is 12.2. The second-order valence-corrected chi connectivity index (χ2v) is 7.21. The summed E-state index contributed by atoms with van der Waals surface area (Å²) in [5.41, 5.74) is 2.12. The van der Waals surface area contributed by atoms with Crippen LogP contribution >= 0.6 is 11.3 Å². The van der Waals surface area contributed by atoms with E-state index in [1.54, 1.807) is 12.1 Å². The molecule has 0 radical (unpaired) electrons. The Balaban J connectivity index is 1.43. The second kappa shape index (κ2) is 6.93. The van der Waals surface area contributed by atoms with Gasteiger partial charge in [-0.05, 0) is 50.2 Å². The van der Waals surface area contributed by atoms with Crippen LogP contribution in [0.25, 0.3) is 10.9 Å². The van der Waals surface area contributed by atoms with Gasteiger partial charge in [0.25, 0.3) is 5.91 Å². The van der Waals surface area contributed by atoms with E-state index < -0.39 is 0 Å². The van der Waals surface area contributed by atoms with Crippen molar-refractivity contribution in [2.24, 2.45) is 0 Å². The van der Waals surface area contributed by atoms with Gasteiger partial charge in [0.2, 0.25) is 0 Å². The van der Waals surface area contributed by atoms with Crippen molar-refractivity contribution in [2.75, 3.05) is 18.4 Å². The summed E-state index contributed by atoms with van der Waals surface area (Å²) in [7, 11) is 0. The highest BCUT2D eigenvalue weighted by atomic mass is 32.1. The maximum absolute atomic E-state index is 13.3. The van der Waals surface area contributed by atoms with Gasteiger partial charge in [-0.1, -0.05) is 6.42 Å². The first-order valence-electron chi connectivity index (χ1n) is 8.44. The summed E-state index contributed by atoms with van der Waals surface area (Å²) in [4.78, 5) is 22.3. The van der Waals surface area contributed by atoms with Gasteiger partial charge in [0.05, 0.1) is 5.69 Å². The van der Waals surface area contributed by atoms with Gasteiger partial charge in [-0.15, -0.1) is 11.3 Å². The van der Waals surface area contributed by atoms with Crippen molar-refractivity contribution in [2.45, 2.75) is 25.8 Å². The van der Waals surface area contributed by atoms with Gasteiger partial charge in [0.15, 0.2) is 5.13 Å². The van der Waals surface area contributed by atoms with Crippen molar-refractivity contribution < 1.29 is 9.18 Å². The van der Waals surface area contributed by atoms with Gasteiger partial charge in [-0.3, -0.25) is 15.0 Å². The number of aromatic nitrogens is 2. The maximum Gasteiger partial charge on any atom is 0.273 e. The zero-order chi connectivity index (χ0) is 17.2. The molecule has 1 amide bonds. The van der Waals surface area contributed by atoms with Gasteiger partial charge in [0, 0.05) is 22.8 Å². The number of amides is 1. The quantitative estimate of drug-likeness (QED) is 0.741. The van der Waals surface area contributed by atoms with Crippen molar-refractivity contribution in [1.29, 1.82) is 0 Å². The fraction of sp³-hybridized carbons (Fsp3) is 0.333. The van der Waals surface area contributed by atoms with Crippen LogP contribution in [-0.4, -0.2) is 33.9 Å². The number of piperidine rings is 1. The molecule has 0 spiro atoms. The molecule has 1 aromatic carbocycles. The van der Waals surface area contributed by atoms with E-state index in [0.717, 1.165) is 30.8 Å². The number of carbonyl (C=O) groups is 1. The molecule has 2 N–H and O–H groups in total. The summed E-state index contributed by atoms with van der Waals surface area (Å²) in [5.74, 6) is -0.587. The highest BCUT2D eigenvalue weighted by Crippen LogP contribution is 2.21. The molecule has 0 aliphatic carbocycles. The molecule has 1 saturated heterocycles. The zero-order valence-electron chi connectivity index (χ0n) is 13.7. The van der Waals surface area contributed by atoms with E-state index in [2.05, 4.69) is 20.2 Å². The van der Waals surface area contributed by atoms with Crippen molar-refractivity contribution in [3.63, 3.8) is 0 Å². The average Bonchev–Trinajstić information content (AvgIpc) is 3.22. The van der Waals surface area contributed by atoms with E-state index in [4.69, 9.17) is 0 Å². The molecule has 4 rings (SSSR count). The fourth-order valence-corrected chi connectivity index (χ4v) is 3.87. The number of H-pyrrole nitrogens is 1. The van der Waals surface area contributed by atoms with Crippen LogP contribution in [0.5, 0.6) is 0 Å². The summed E-state index contributed by atoms with van der Waals surface area (Å²) in [6, 6.07) is 6.05. The van der Waals surface area contributed by atoms with E-state index >= 15 is 0 Å². The Labute approximate surface area is 148 Å². The molecule has 2 aromatic heterocycles. The minimum atomic E-state index is -0.319. The topological polar surface area (TPSA) is 61.0 Å². The standard InChI is InChI=1S/C18H19FN4OS/c19-13-4-5-15-12(8-13)9-16(21-15)17(24)22-18-20-14(11-25-18)10-23-6-2-1-3-7-23/h4-5,8-9,11,21H,1-3,6-7,10H2,(H,20,22,24). The van der Waals surface area contributed by atoms with Gasteiger partial charge < -0.3 is 4.98 Å². The van der Waals surface area contributed by atoms with Crippen molar-refractivity contribution in [1.82, 2.24) is 14.9 Å². The molecule has 3 heterocycles. The lowest BCUT2D eigenvalue weighted by molar-refractivity contribution is 0.102. The molecule has 0 bridgehead atoms. The lowest BCUT2D eigenvalue weighted by atomic mass is 10.1. The zero-order valence-corrected chi connectivity index (χ0v) is 14.5. The molecule has 7 heteroatoms. The number of hydrogen-bond donors (Lipinski definition) is 2. The molecule has 0 atom stereocenters. The number of carbonyl (C=O) groups excluding carboxylic acids is 1. The van der Waals surface area contributed by atoms with E-state index in [-0.39, 0.29) is 11.7 Å². The number of aromatic amines is 1. The summed E-state index contributed by atoms with van der Waals surface area (Å²) in [6.45, 7) is 3.06. The Morgan fingerprint density at radius 2 is 2.12 bits per heavy atom. The molecule has 0 saturated carbocycles. The third-order valence-corrected chi connectivity index (χ3v) is 5.24. The molecule has 130 valence electrons. The molecule has 3 aromatic rings. The third-order valence-electron chi connectivity index (χ3n) is 4.43. The van der Waals surface area contributed by atoms with Crippen LogP contribution < -0.4 is 5.32 Å². The third kappa shape index (κ3) is 3.72. The number of halogens is 1. The monoisotopic (exact) mass is 358 g/mol. The van der Waals surface area contributed by atoms with Gasteiger partial charge in [-0.2, -0.15) is 0 Å². The molecule has 0 unspecified atom stereocenters. The highest BCUT2D eigenvalue weighted by Gasteiger charge is 2.15. The fourth-order valence-electron chi connectivity index (χ4n) is 3.17. The molecule has 1 fully saturated rings. The van der Waals surface area contributed by atoms with E-state index in [0.29, 0.717) is 16.2 Å². The first kappa shape index (κ1) is 16.2. The summed E-state index contributed by atoms with van der Waals surface area (Å²) in [5, 5.41) is 6.07. The second-order valence-electron chi connectivity index (χ2n) is 6.35. The summed E-state index contributed by atoms with van der Waals surface area (Å²) in [6.07, 6.45) is 3.80. The predicted molar refractivity (Wildman–Crippen MR) is 97.5 cm³/mol. The van der Waals surface area contributed by atoms with Gasteiger partial charge >= 0.3 is 0 Å². The number of benzene rings is 1. The number of hydrogen-bond acceptors (Lipinski definition) is 4. The van der Waals surface area contributed by atoms with Crippen LogP contribution in [0.1, 0.15) is 35.4 Å². The van der Waals surface area contributed by atoms with Gasteiger partial charge in [0.1, 0.15) is 11.5 Å².